The fraction of sp³-hybridized carbons (Fsp3) is 0.211. The highest BCUT2D eigenvalue weighted by Gasteiger charge is 2.42. The monoisotopic (exact) mass is 338 g/mol. The summed E-state index contributed by atoms with van der Waals surface area (Å²) in [4.78, 5) is 36.0. The number of primary amides is 1. The summed E-state index contributed by atoms with van der Waals surface area (Å²) < 4.78 is 5.39. The van der Waals surface area contributed by atoms with Crippen molar-refractivity contribution < 1.29 is 19.1 Å². The van der Waals surface area contributed by atoms with Gasteiger partial charge in [-0.2, -0.15) is 0 Å². The fourth-order valence-electron chi connectivity index (χ4n) is 2.86. The minimum atomic E-state index is -1.27. The van der Waals surface area contributed by atoms with E-state index < -0.39 is 17.5 Å². The summed E-state index contributed by atoms with van der Waals surface area (Å²) in [6.07, 6.45) is 0.308. The number of fused-ring (bicyclic) bond motifs is 1. The lowest BCUT2D eigenvalue weighted by Gasteiger charge is -2.33. The van der Waals surface area contributed by atoms with Crippen molar-refractivity contribution in [3.63, 3.8) is 0 Å². The summed E-state index contributed by atoms with van der Waals surface area (Å²) in [6, 6.07) is 13.8. The Balaban J connectivity index is 1.72. The van der Waals surface area contributed by atoms with Gasteiger partial charge in [0.25, 0.3) is 5.91 Å². The molecule has 6 heteroatoms. The molecule has 1 aliphatic rings. The molecule has 0 aliphatic carbocycles. The minimum absolute atomic E-state index is 0.203. The first kappa shape index (κ1) is 16.7. The van der Waals surface area contributed by atoms with Gasteiger partial charge < -0.3 is 15.8 Å². The predicted octanol–water partition coefficient (Wildman–Crippen LogP) is 1.57. The van der Waals surface area contributed by atoms with E-state index in [-0.39, 0.29) is 12.5 Å². The number of cyclic esters (lactones) is 1. The van der Waals surface area contributed by atoms with Gasteiger partial charge in [0.15, 0.2) is 5.60 Å². The van der Waals surface area contributed by atoms with Gasteiger partial charge in [0.05, 0.1) is 5.56 Å². The van der Waals surface area contributed by atoms with Crippen LogP contribution in [0.4, 0.5) is 0 Å². The zero-order valence-corrected chi connectivity index (χ0v) is 13.7. The van der Waals surface area contributed by atoms with E-state index in [1.54, 1.807) is 43.3 Å². The number of rotatable bonds is 4. The van der Waals surface area contributed by atoms with Gasteiger partial charge in [-0.15, -0.1) is 0 Å². The molecular weight excluding hydrogens is 320 g/mol. The van der Waals surface area contributed by atoms with Crippen LogP contribution in [0.5, 0.6) is 0 Å². The molecule has 2 amide bonds. The van der Waals surface area contributed by atoms with Crippen molar-refractivity contribution in [1.29, 1.82) is 0 Å². The van der Waals surface area contributed by atoms with Gasteiger partial charge in [0.1, 0.15) is 0 Å². The summed E-state index contributed by atoms with van der Waals surface area (Å²) in [7, 11) is 0. The smallest absolute Gasteiger partial charge is 0.339 e. The Bertz CT molecular complexity index is 862. The van der Waals surface area contributed by atoms with E-state index in [4.69, 9.17) is 10.5 Å². The summed E-state index contributed by atoms with van der Waals surface area (Å²) in [5.41, 5.74) is 6.36. The van der Waals surface area contributed by atoms with Gasteiger partial charge in [-0.1, -0.05) is 30.3 Å². The number of carbonyl (C=O) groups is 3. The Morgan fingerprint density at radius 2 is 1.96 bits per heavy atom. The standard InChI is InChI=1S/C19H18N2O4/c1-19(10-14-6-2-3-8-15(14)17(23)25-19)18(24)21-11-12-5-4-7-13(9-12)16(20)22/h2-9H,10-11H2,1H3,(H2,20,22)(H,21,24). The molecule has 6 nitrogen and oxygen atoms in total. The van der Waals surface area contributed by atoms with E-state index in [1.165, 1.54) is 0 Å². The molecule has 0 fully saturated rings. The Kier molecular flexibility index (Phi) is 4.27. The van der Waals surface area contributed by atoms with E-state index >= 15 is 0 Å². The Morgan fingerprint density at radius 3 is 2.72 bits per heavy atom. The molecule has 2 aromatic carbocycles. The van der Waals surface area contributed by atoms with Crippen LogP contribution < -0.4 is 11.1 Å². The number of nitrogens with one attached hydrogen (secondary N) is 1. The maximum Gasteiger partial charge on any atom is 0.339 e. The molecule has 0 spiro atoms. The van der Waals surface area contributed by atoms with Crippen molar-refractivity contribution >= 4 is 17.8 Å². The quantitative estimate of drug-likeness (QED) is 0.827. The molecule has 2 aromatic rings. The molecule has 3 N–H and O–H groups in total. The molecule has 1 aliphatic heterocycles. The topological polar surface area (TPSA) is 98.5 Å². The van der Waals surface area contributed by atoms with Crippen LogP contribution in [-0.2, 0) is 22.5 Å². The SMILES string of the molecule is CC1(C(=O)NCc2cccc(C(N)=O)c2)Cc2ccccc2C(=O)O1. The number of amides is 2. The molecule has 3 rings (SSSR count). The molecule has 0 radical (unpaired) electrons. The first-order chi connectivity index (χ1) is 11.9. The number of nitrogens with two attached hydrogens (primary N) is 1. The van der Waals surface area contributed by atoms with E-state index in [0.717, 1.165) is 11.1 Å². The Labute approximate surface area is 145 Å². The van der Waals surface area contributed by atoms with Gasteiger partial charge in [0, 0.05) is 18.5 Å². The predicted molar refractivity (Wildman–Crippen MR) is 90.8 cm³/mol. The molecule has 1 atom stereocenters. The first-order valence-corrected chi connectivity index (χ1v) is 7.87. The average Bonchev–Trinajstić information content (AvgIpc) is 2.59. The number of carbonyl (C=O) groups excluding carboxylic acids is 3. The van der Waals surface area contributed by atoms with Crippen LogP contribution in [0, 0.1) is 0 Å². The van der Waals surface area contributed by atoms with E-state index in [1.807, 2.05) is 12.1 Å². The van der Waals surface area contributed by atoms with Crippen molar-refractivity contribution in [3.05, 3.63) is 70.8 Å². The van der Waals surface area contributed by atoms with Gasteiger partial charge >= 0.3 is 5.97 Å². The van der Waals surface area contributed by atoms with Gasteiger partial charge in [-0.25, -0.2) is 4.79 Å². The van der Waals surface area contributed by atoms with Crippen LogP contribution >= 0.6 is 0 Å². The van der Waals surface area contributed by atoms with Crippen LogP contribution in [0.15, 0.2) is 48.5 Å². The van der Waals surface area contributed by atoms with Crippen LogP contribution in [0.1, 0.15) is 38.8 Å². The first-order valence-electron chi connectivity index (χ1n) is 7.87. The van der Waals surface area contributed by atoms with E-state index in [0.29, 0.717) is 17.5 Å². The zero-order chi connectivity index (χ0) is 18.0. The largest absolute Gasteiger partial charge is 0.445 e. The third-order valence-corrected chi connectivity index (χ3v) is 4.23. The molecule has 128 valence electrons. The normalized spacial score (nSPS) is 18.8. The molecule has 1 heterocycles. The summed E-state index contributed by atoms with van der Waals surface area (Å²) in [5.74, 6) is -1.42. The number of benzene rings is 2. The number of esters is 1. The molecule has 25 heavy (non-hydrogen) atoms. The van der Waals surface area contributed by atoms with Crippen LogP contribution in [0.25, 0.3) is 0 Å². The summed E-state index contributed by atoms with van der Waals surface area (Å²) in [5, 5.41) is 2.76. The highest BCUT2D eigenvalue weighted by atomic mass is 16.6. The van der Waals surface area contributed by atoms with Gasteiger partial charge in [-0.3, -0.25) is 9.59 Å². The van der Waals surface area contributed by atoms with E-state index in [9.17, 15) is 14.4 Å². The Morgan fingerprint density at radius 1 is 1.20 bits per heavy atom. The highest BCUT2D eigenvalue weighted by Crippen LogP contribution is 2.28. The van der Waals surface area contributed by atoms with Crippen molar-refractivity contribution in [2.75, 3.05) is 0 Å². The minimum Gasteiger partial charge on any atom is -0.445 e. The second-order valence-electron chi connectivity index (χ2n) is 6.20. The highest BCUT2D eigenvalue weighted by molar-refractivity contribution is 5.97. The van der Waals surface area contributed by atoms with E-state index in [2.05, 4.69) is 5.32 Å². The maximum atomic E-state index is 12.6. The number of hydrogen-bond donors (Lipinski definition) is 2. The summed E-state index contributed by atoms with van der Waals surface area (Å²) >= 11 is 0. The molecular formula is C19H18N2O4. The van der Waals surface area contributed by atoms with Crippen molar-refractivity contribution in [1.82, 2.24) is 5.32 Å². The van der Waals surface area contributed by atoms with Gasteiger partial charge in [-0.05, 0) is 36.2 Å². The number of ether oxygens (including phenoxy) is 1. The lowest BCUT2D eigenvalue weighted by Crippen LogP contribution is -2.51. The molecule has 0 bridgehead atoms. The lowest BCUT2D eigenvalue weighted by atomic mass is 9.89. The second kappa shape index (κ2) is 6.39. The zero-order valence-electron chi connectivity index (χ0n) is 13.7. The molecule has 0 aromatic heterocycles. The van der Waals surface area contributed by atoms with Crippen LogP contribution in [0.2, 0.25) is 0 Å². The van der Waals surface area contributed by atoms with Crippen LogP contribution in [-0.4, -0.2) is 23.4 Å². The van der Waals surface area contributed by atoms with Crippen LogP contribution in [0.3, 0.4) is 0 Å². The van der Waals surface area contributed by atoms with Gasteiger partial charge in [0.2, 0.25) is 5.91 Å². The molecule has 1 unspecified atom stereocenters. The number of hydrogen-bond acceptors (Lipinski definition) is 4. The second-order valence-corrected chi connectivity index (χ2v) is 6.20. The fourth-order valence-corrected chi connectivity index (χ4v) is 2.86. The third-order valence-electron chi connectivity index (χ3n) is 4.23. The summed E-state index contributed by atoms with van der Waals surface area (Å²) in [6.45, 7) is 1.80. The third kappa shape index (κ3) is 3.38. The lowest BCUT2D eigenvalue weighted by molar-refractivity contribution is -0.139. The molecule has 0 saturated carbocycles. The Hall–Kier alpha value is -3.15. The average molecular weight is 338 g/mol. The maximum absolute atomic E-state index is 12.6. The van der Waals surface area contributed by atoms with Crippen molar-refractivity contribution in [3.8, 4) is 0 Å². The molecule has 0 saturated heterocycles. The van der Waals surface area contributed by atoms with Crippen molar-refractivity contribution in [2.24, 2.45) is 5.73 Å². The van der Waals surface area contributed by atoms with Crippen molar-refractivity contribution in [2.45, 2.75) is 25.5 Å².